The second-order valence-electron chi connectivity index (χ2n) is 7.33. The number of nitriles is 1. The van der Waals surface area contributed by atoms with Gasteiger partial charge in [-0.15, -0.1) is 0 Å². The summed E-state index contributed by atoms with van der Waals surface area (Å²) in [5.74, 6) is -0.268. The van der Waals surface area contributed by atoms with Gasteiger partial charge >= 0.3 is 6.18 Å². The lowest BCUT2D eigenvalue weighted by molar-refractivity contribution is -0.138. The summed E-state index contributed by atoms with van der Waals surface area (Å²) in [4.78, 5) is 12.6. The van der Waals surface area contributed by atoms with Crippen molar-refractivity contribution in [2.45, 2.75) is 19.5 Å². The molecule has 0 fully saturated rings. The number of pyridine rings is 2. The van der Waals surface area contributed by atoms with Gasteiger partial charge in [0.2, 0.25) is 0 Å². The fourth-order valence-corrected chi connectivity index (χ4v) is 3.30. The smallest absolute Gasteiger partial charge is 0.419 e. The standard InChI is InChI=1S/C23H18F3N5O/c1-14-3-5-16(28-12-14)7-8-32-21-6-4-15(9-17(21)23(24,25)26)18-10-20-22(19(11-27)30-18)29-13-31(20)2/h3-6,9-10,12-13H,7-8H2,1-2H3. The number of halogens is 3. The SMILES string of the molecule is Cc1ccc(CCOc2ccc(-c3cc4c(ncn4C)c(C#N)n3)cc2C(F)(F)F)nc1. The molecular formula is C23H18F3N5O. The first-order valence-electron chi connectivity index (χ1n) is 9.74. The summed E-state index contributed by atoms with van der Waals surface area (Å²) in [5, 5.41) is 9.38. The molecule has 3 heterocycles. The van der Waals surface area contributed by atoms with Gasteiger partial charge in [0.05, 0.1) is 29.7 Å². The van der Waals surface area contributed by atoms with E-state index in [4.69, 9.17) is 4.74 Å². The molecule has 0 N–H and O–H groups in total. The summed E-state index contributed by atoms with van der Waals surface area (Å²) >= 11 is 0. The minimum atomic E-state index is -4.62. The van der Waals surface area contributed by atoms with E-state index in [9.17, 15) is 18.4 Å². The van der Waals surface area contributed by atoms with Gasteiger partial charge in [0, 0.05) is 30.9 Å². The number of imidazole rings is 1. The highest BCUT2D eigenvalue weighted by Crippen LogP contribution is 2.39. The monoisotopic (exact) mass is 437 g/mol. The van der Waals surface area contributed by atoms with E-state index in [1.807, 2.05) is 25.1 Å². The molecule has 4 rings (SSSR count). The fourth-order valence-electron chi connectivity index (χ4n) is 3.30. The van der Waals surface area contributed by atoms with Gasteiger partial charge in [-0.2, -0.15) is 18.4 Å². The van der Waals surface area contributed by atoms with E-state index in [-0.39, 0.29) is 29.3 Å². The zero-order chi connectivity index (χ0) is 22.9. The zero-order valence-electron chi connectivity index (χ0n) is 17.3. The predicted octanol–water partition coefficient (Wildman–Crippen LogP) is 4.85. The maximum atomic E-state index is 13.8. The Kier molecular flexibility index (Phi) is 5.53. The fraction of sp³-hybridized carbons (Fsp3) is 0.217. The molecule has 0 saturated heterocycles. The molecule has 32 heavy (non-hydrogen) atoms. The molecule has 4 aromatic rings. The lowest BCUT2D eigenvalue weighted by Gasteiger charge is -2.15. The van der Waals surface area contributed by atoms with Crippen molar-refractivity contribution in [3.8, 4) is 23.1 Å². The number of benzene rings is 1. The molecule has 0 unspecified atom stereocenters. The topological polar surface area (TPSA) is 76.6 Å². The molecule has 0 amide bonds. The molecule has 0 radical (unpaired) electrons. The van der Waals surface area contributed by atoms with Crippen LogP contribution in [-0.2, 0) is 19.6 Å². The second kappa shape index (κ2) is 8.30. The molecule has 0 aliphatic heterocycles. The summed E-state index contributed by atoms with van der Waals surface area (Å²) in [6.45, 7) is 1.96. The largest absolute Gasteiger partial charge is 0.493 e. The van der Waals surface area contributed by atoms with Crippen LogP contribution in [0.25, 0.3) is 22.3 Å². The van der Waals surface area contributed by atoms with E-state index in [1.165, 1.54) is 18.5 Å². The van der Waals surface area contributed by atoms with E-state index in [1.54, 1.807) is 23.9 Å². The Balaban J connectivity index is 1.65. The van der Waals surface area contributed by atoms with Crippen LogP contribution in [0.15, 0.2) is 48.9 Å². The molecule has 0 atom stereocenters. The molecule has 1 aromatic carbocycles. The highest BCUT2D eigenvalue weighted by atomic mass is 19.4. The van der Waals surface area contributed by atoms with Crippen LogP contribution >= 0.6 is 0 Å². The van der Waals surface area contributed by atoms with E-state index < -0.39 is 11.7 Å². The number of fused-ring (bicyclic) bond motifs is 1. The normalized spacial score (nSPS) is 11.5. The number of nitrogens with zero attached hydrogens (tertiary/aromatic N) is 5. The summed E-state index contributed by atoms with van der Waals surface area (Å²) in [7, 11) is 1.74. The molecule has 0 aliphatic rings. The maximum Gasteiger partial charge on any atom is 0.419 e. The van der Waals surface area contributed by atoms with Crippen molar-refractivity contribution < 1.29 is 17.9 Å². The highest BCUT2D eigenvalue weighted by Gasteiger charge is 2.35. The third kappa shape index (κ3) is 4.25. The Labute approximate surface area is 181 Å². The first kappa shape index (κ1) is 21.3. The lowest BCUT2D eigenvalue weighted by atomic mass is 10.1. The van der Waals surface area contributed by atoms with Gasteiger partial charge < -0.3 is 9.30 Å². The van der Waals surface area contributed by atoms with Crippen molar-refractivity contribution in [1.82, 2.24) is 19.5 Å². The minimum Gasteiger partial charge on any atom is -0.493 e. The van der Waals surface area contributed by atoms with Crippen LogP contribution in [0.1, 0.15) is 22.5 Å². The van der Waals surface area contributed by atoms with Gasteiger partial charge in [0.1, 0.15) is 17.3 Å². The Morgan fingerprint density at radius 2 is 1.94 bits per heavy atom. The van der Waals surface area contributed by atoms with Crippen LogP contribution in [0, 0.1) is 18.3 Å². The van der Waals surface area contributed by atoms with Crippen molar-refractivity contribution in [2.75, 3.05) is 6.61 Å². The second-order valence-corrected chi connectivity index (χ2v) is 7.33. The molecule has 0 aliphatic carbocycles. The molecule has 9 heteroatoms. The third-order valence-corrected chi connectivity index (χ3v) is 4.99. The number of aromatic nitrogens is 4. The number of rotatable bonds is 5. The molecule has 3 aromatic heterocycles. The van der Waals surface area contributed by atoms with Crippen molar-refractivity contribution in [2.24, 2.45) is 7.05 Å². The van der Waals surface area contributed by atoms with Gasteiger partial charge in [-0.3, -0.25) is 4.98 Å². The Morgan fingerprint density at radius 1 is 1.12 bits per heavy atom. The number of hydrogen-bond acceptors (Lipinski definition) is 5. The van der Waals surface area contributed by atoms with E-state index in [2.05, 4.69) is 15.0 Å². The average Bonchev–Trinajstić information content (AvgIpc) is 3.15. The zero-order valence-corrected chi connectivity index (χ0v) is 17.3. The summed E-state index contributed by atoms with van der Waals surface area (Å²) in [6.07, 6.45) is -1.02. The maximum absolute atomic E-state index is 13.8. The van der Waals surface area contributed by atoms with Crippen molar-refractivity contribution >= 4 is 11.0 Å². The Morgan fingerprint density at radius 3 is 2.62 bits per heavy atom. The van der Waals surface area contributed by atoms with E-state index >= 15 is 0 Å². The predicted molar refractivity (Wildman–Crippen MR) is 112 cm³/mol. The lowest BCUT2D eigenvalue weighted by Crippen LogP contribution is -2.11. The van der Waals surface area contributed by atoms with Crippen molar-refractivity contribution in [1.29, 1.82) is 5.26 Å². The van der Waals surface area contributed by atoms with Gasteiger partial charge in [-0.25, -0.2) is 9.97 Å². The third-order valence-electron chi connectivity index (χ3n) is 4.99. The number of aryl methyl sites for hydroxylation is 2. The van der Waals surface area contributed by atoms with Gasteiger partial charge in [-0.1, -0.05) is 6.07 Å². The quantitative estimate of drug-likeness (QED) is 0.446. The number of alkyl halides is 3. The first-order valence-corrected chi connectivity index (χ1v) is 9.74. The van der Waals surface area contributed by atoms with Crippen molar-refractivity contribution in [3.05, 3.63) is 71.4 Å². The van der Waals surface area contributed by atoms with Crippen molar-refractivity contribution in [3.63, 3.8) is 0 Å². The average molecular weight is 437 g/mol. The van der Waals surface area contributed by atoms with E-state index in [0.717, 1.165) is 17.3 Å². The van der Waals surface area contributed by atoms with Gasteiger partial charge in [-0.05, 0) is 42.8 Å². The highest BCUT2D eigenvalue weighted by molar-refractivity contribution is 5.84. The van der Waals surface area contributed by atoms with Crippen LogP contribution in [-0.4, -0.2) is 26.1 Å². The summed E-state index contributed by atoms with van der Waals surface area (Å²) in [5.41, 5.74) is 2.36. The number of ether oxygens (including phenoxy) is 1. The van der Waals surface area contributed by atoms with Crippen LogP contribution in [0.2, 0.25) is 0 Å². The van der Waals surface area contributed by atoms with E-state index in [0.29, 0.717) is 17.5 Å². The minimum absolute atomic E-state index is 0.0519. The molecule has 6 nitrogen and oxygen atoms in total. The molecule has 0 spiro atoms. The van der Waals surface area contributed by atoms with Crippen LogP contribution in [0.4, 0.5) is 13.2 Å². The molecule has 0 saturated carbocycles. The summed E-state index contributed by atoms with van der Waals surface area (Å²) < 4.78 is 48.5. The Hall–Kier alpha value is -3.93. The Bertz CT molecular complexity index is 1320. The van der Waals surface area contributed by atoms with Gasteiger partial charge in [0.15, 0.2) is 5.69 Å². The summed E-state index contributed by atoms with van der Waals surface area (Å²) in [6, 6.07) is 11.0. The van der Waals surface area contributed by atoms with Crippen LogP contribution in [0.5, 0.6) is 5.75 Å². The molecular weight excluding hydrogens is 419 g/mol. The van der Waals surface area contributed by atoms with Gasteiger partial charge in [0.25, 0.3) is 0 Å². The van der Waals surface area contributed by atoms with Crippen LogP contribution in [0.3, 0.4) is 0 Å². The molecule has 0 bridgehead atoms. The van der Waals surface area contributed by atoms with Crippen LogP contribution < -0.4 is 4.74 Å². The first-order chi connectivity index (χ1) is 15.3. The number of hydrogen-bond donors (Lipinski definition) is 0. The molecule has 162 valence electrons.